The summed E-state index contributed by atoms with van der Waals surface area (Å²) in [7, 11) is 0. The zero-order valence-electron chi connectivity index (χ0n) is 14.0. The molecular formula is C20H25N3O. The van der Waals surface area contributed by atoms with Crippen LogP contribution in [-0.2, 0) is 11.2 Å². The lowest BCUT2D eigenvalue weighted by Crippen LogP contribution is -2.41. The second kappa shape index (κ2) is 8.60. The van der Waals surface area contributed by atoms with Gasteiger partial charge in [0.1, 0.15) is 0 Å². The van der Waals surface area contributed by atoms with E-state index in [9.17, 15) is 4.79 Å². The first-order chi connectivity index (χ1) is 11.8. The minimum atomic E-state index is 0.0686. The minimum Gasteiger partial charge on any atom is -0.354 e. The van der Waals surface area contributed by atoms with Crippen molar-refractivity contribution in [3.8, 4) is 0 Å². The molecule has 2 heterocycles. The number of amides is 1. The highest BCUT2D eigenvalue weighted by Gasteiger charge is 2.22. The van der Waals surface area contributed by atoms with E-state index in [1.807, 2.05) is 18.2 Å². The SMILES string of the molecule is O=C(Cc1ccncc1)NC[C@@H](c1ccccc1)N1CCCCC1. The predicted molar refractivity (Wildman–Crippen MR) is 95.6 cm³/mol. The van der Waals surface area contributed by atoms with E-state index in [4.69, 9.17) is 0 Å². The fraction of sp³-hybridized carbons (Fsp3) is 0.400. The maximum absolute atomic E-state index is 12.3. The Kier molecular flexibility index (Phi) is 5.96. The number of hydrogen-bond donors (Lipinski definition) is 1. The molecule has 0 saturated carbocycles. The molecule has 2 aromatic rings. The number of nitrogens with one attached hydrogen (secondary N) is 1. The van der Waals surface area contributed by atoms with Crippen LogP contribution in [0.15, 0.2) is 54.9 Å². The molecule has 1 amide bonds. The van der Waals surface area contributed by atoms with Gasteiger partial charge in [-0.05, 0) is 49.2 Å². The van der Waals surface area contributed by atoms with E-state index in [0.717, 1.165) is 18.7 Å². The zero-order chi connectivity index (χ0) is 16.6. The molecule has 0 unspecified atom stereocenters. The normalized spacial score (nSPS) is 16.5. The molecular weight excluding hydrogens is 298 g/mol. The van der Waals surface area contributed by atoms with Crippen LogP contribution in [0.3, 0.4) is 0 Å². The highest BCUT2D eigenvalue weighted by molar-refractivity contribution is 5.78. The van der Waals surface area contributed by atoms with E-state index in [-0.39, 0.29) is 11.9 Å². The van der Waals surface area contributed by atoms with Gasteiger partial charge in [-0.3, -0.25) is 14.7 Å². The molecule has 1 aliphatic rings. The van der Waals surface area contributed by atoms with Crippen molar-refractivity contribution in [3.05, 3.63) is 66.0 Å². The second-order valence-corrected chi connectivity index (χ2v) is 6.36. The van der Waals surface area contributed by atoms with Crippen LogP contribution in [0.2, 0.25) is 0 Å². The highest BCUT2D eigenvalue weighted by atomic mass is 16.1. The van der Waals surface area contributed by atoms with E-state index >= 15 is 0 Å². The summed E-state index contributed by atoms with van der Waals surface area (Å²) in [6.45, 7) is 2.88. The number of likely N-dealkylation sites (tertiary alicyclic amines) is 1. The molecule has 1 aliphatic heterocycles. The van der Waals surface area contributed by atoms with Crippen molar-refractivity contribution >= 4 is 5.91 Å². The Labute approximate surface area is 143 Å². The van der Waals surface area contributed by atoms with Crippen LogP contribution in [0.4, 0.5) is 0 Å². The highest BCUT2D eigenvalue weighted by Crippen LogP contribution is 2.24. The monoisotopic (exact) mass is 323 g/mol. The summed E-state index contributed by atoms with van der Waals surface area (Å²) in [5.74, 6) is 0.0686. The Bertz CT molecular complexity index is 624. The third-order valence-corrected chi connectivity index (χ3v) is 4.62. The summed E-state index contributed by atoms with van der Waals surface area (Å²) in [5, 5.41) is 3.13. The van der Waals surface area contributed by atoms with Gasteiger partial charge in [-0.1, -0.05) is 36.8 Å². The van der Waals surface area contributed by atoms with Crippen molar-refractivity contribution in [2.45, 2.75) is 31.7 Å². The van der Waals surface area contributed by atoms with Crippen molar-refractivity contribution in [3.63, 3.8) is 0 Å². The summed E-state index contributed by atoms with van der Waals surface area (Å²) in [6, 6.07) is 14.5. The molecule has 1 saturated heterocycles. The van der Waals surface area contributed by atoms with Crippen molar-refractivity contribution in [1.29, 1.82) is 0 Å². The van der Waals surface area contributed by atoms with E-state index in [1.54, 1.807) is 12.4 Å². The lowest BCUT2D eigenvalue weighted by molar-refractivity contribution is -0.120. The maximum Gasteiger partial charge on any atom is 0.224 e. The summed E-state index contributed by atoms with van der Waals surface area (Å²) >= 11 is 0. The molecule has 1 aromatic heterocycles. The van der Waals surface area contributed by atoms with Gasteiger partial charge in [0.25, 0.3) is 0 Å². The molecule has 1 atom stereocenters. The number of rotatable bonds is 6. The van der Waals surface area contributed by atoms with Gasteiger partial charge in [0, 0.05) is 18.9 Å². The quantitative estimate of drug-likeness (QED) is 0.889. The molecule has 0 bridgehead atoms. The smallest absolute Gasteiger partial charge is 0.224 e. The first-order valence-corrected chi connectivity index (χ1v) is 8.77. The molecule has 4 heteroatoms. The van der Waals surface area contributed by atoms with Gasteiger partial charge in [0.2, 0.25) is 5.91 Å². The zero-order valence-corrected chi connectivity index (χ0v) is 14.0. The van der Waals surface area contributed by atoms with E-state index in [0.29, 0.717) is 13.0 Å². The van der Waals surface area contributed by atoms with Crippen molar-refractivity contribution in [2.75, 3.05) is 19.6 Å². The Morgan fingerprint density at radius 1 is 1.04 bits per heavy atom. The Morgan fingerprint density at radius 2 is 1.75 bits per heavy atom. The van der Waals surface area contributed by atoms with Gasteiger partial charge in [-0.25, -0.2) is 0 Å². The summed E-state index contributed by atoms with van der Waals surface area (Å²) in [4.78, 5) is 18.8. The Balaban J connectivity index is 1.62. The number of piperidine rings is 1. The van der Waals surface area contributed by atoms with Crippen LogP contribution in [0.25, 0.3) is 0 Å². The molecule has 24 heavy (non-hydrogen) atoms. The van der Waals surface area contributed by atoms with E-state index in [1.165, 1.54) is 24.8 Å². The van der Waals surface area contributed by atoms with Crippen molar-refractivity contribution in [1.82, 2.24) is 15.2 Å². The van der Waals surface area contributed by atoms with E-state index < -0.39 is 0 Å². The van der Waals surface area contributed by atoms with Gasteiger partial charge in [-0.2, -0.15) is 0 Å². The number of pyridine rings is 1. The predicted octanol–water partition coefficient (Wildman–Crippen LogP) is 2.97. The fourth-order valence-electron chi connectivity index (χ4n) is 3.32. The Hall–Kier alpha value is -2.20. The summed E-state index contributed by atoms with van der Waals surface area (Å²) in [6.07, 6.45) is 7.66. The first kappa shape index (κ1) is 16.7. The maximum atomic E-state index is 12.3. The number of carbonyl (C=O) groups excluding carboxylic acids is 1. The number of carbonyl (C=O) groups is 1. The fourth-order valence-corrected chi connectivity index (χ4v) is 3.32. The average Bonchev–Trinajstić information content (AvgIpc) is 2.64. The molecule has 126 valence electrons. The van der Waals surface area contributed by atoms with Crippen LogP contribution in [0, 0.1) is 0 Å². The first-order valence-electron chi connectivity index (χ1n) is 8.77. The number of hydrogen-bond acceptors (Lipinski definition) is 3. The number of benzene rings is 1. The van der Waals surface area contributed by atoms with Gasteiger partial charge >= 0.3 is 0 Å². The van der Waals surface area contributed by atoms with Crippen LogP contribution in [0.5, 0.6) is 0 Å². The van der Waals surface area contributed by atoms with Gasteiger partial charge in [0.05, 0.1) is 12.5 Å². The molecule has 1 fully saturated rings. The lowest BCUT2D eigenvalue weighted by Gasteiger charge is -2.35. The van der Waals surface area contributed by atoms with Gasteiger partial charge in [-0.15, -0.1) is 0 Å². The number of aromatic nitrogens is 1. The summed E-state index contributed by atoms with van der Waals surface area (Å²) < 4.78 is 0. The molecule has 0 spiro atoms. The van der Waals surface area contributed by atoms with Gasteiger partial charge < -0.3 is 5.32 Å². The average molecular weight is 323 g/mol. The van der Waals surface area contributed by atoms with Crippen LogP contribution in [0.1, 0.15) is 36.4 Å². The van der Waals surface area contributed by atoms with Gasteiger partial charge in [0.15, 0.2) is 0 Å². The molecule has 1 N–H and O–H groups in total. The summed E-state index contributed by atoms with van der Waals surface area (Å²) in [5.41, 5.74) is 2.28. The Morgan fingerprint density at radius 3 is 2.46 bits per heavy atom. The second-order valence-electron chi connectivity index (χ2n) is 6.36. The molecule has 0 aliphatic carbocycles. The lowest BCUT2D eigenvalue weighted by atomic mass is 10.0. The van der Waals surface area contributed by atoms with Crippen LogP contribution >= 0.6 is 0 Å². The van der Waals surface area contributed by atoms with E-state index in [2.05, 4.69) is 39.5 Å². The molecule has 0 radical (unpaired) electrons. The largest absolute Gasteiger partial charge is 0.354 e. The van der Waals surface area contributed by atoms with Crippen LogP contribution < -0.4 is 5.32 Å². The topological polar surface area (TPSA) is 45.2 Å². The third kappa shape index (κ3) is 4.65. The number of nitrogens with zero attached hydrogens (tertiary/aromatic N) is 2. The van der Waals surface area contributed by atoms with Crippen molar-refractivity contribution in [2.24, 2.45) is 0 Å². The van der Waals surface area contributed by atoms with Crippen LogP contribution in [-0.4, -0.2) is 35.4 Å². The molecule has 1 aromatic carbocycles. The minimum absolute atomic E-state index is 0.0686. The molecule has 4 nitrogen and oxygen atoms in total. The standard InChI is InChI=1S/C20H25N3O/c24-20(15-17-9-11-21-12-10-17)22-16-19(18-7-3-1-4-8-18)23-13-5-2-6-14-23/h1,3-4,7-12,19H,2,5-6,13-16H2,(H,22,24)/t19-/m0/s1. The molecule has 3 rings (SSSR count). The van der Waals surface area contributed by atoms with Crippen molar-refractivity contribution < 1.29 is 4.79 Å². The third-order valence-electron chi connectivity index (χ3n) is 4.62.